The van der Waals surface area contributed by atoms with Gasteiger partial charge in [0.05, 0.1) is 5.69 Å². The highest BCUT2D eigenvalue weighted by Crippen LogP contribution is 2.11. The molecule has 0 saturated heterocycles. The van der Waals surface area contributed by atoms with Gasteiger partial charge >= 0.3 is 0 Å². The Morgan fingerprint density at radius 3 is 2.29 bits per heavy atom. The molecular formula is C9H12N4O. The van der Waals surface area contributed by atoms with Crippen LogP contribution in [0.15, 0.2) is 30.6 Å². The van der Waals surface area contributed by atoms with E-state index in [2.05, 4.69) is 15.5 Å². The molecule has 0 bridgehead atoms. The topological polar surface area (TPSA) is 63.8 Å². The molecule has 74 valence electrons. The molecule has 5 nitrogen and oxygen atoms in total. The first-order chi connectivity index (χ1) is 6.86. The van der Waals surface area contributed by atoms with E-state index in [9.17, 15) is 0 Å². The minimum Gasteiger partial charge on any atom is -0.508 e. The number of nitrogens with zero attached hydrogens (tertiary/aromatic N) is 4. The van der Waals surface area contributed by atoms with Crippen molar-refractivity contribution in [2.75, 3.05) is 0 Å². The molecule has 2 rings (SSSR count). The summed E-state index contributed by atoms with van der Waals surface area (Å²) >= 11 is 0. The number of phenolic OH excluding ortho intramolecular Hbond substituents is 1. The van der Waals surface area contributed by atoms with Gasteiger partial charge in [0.15, 0.2) is 0 Å². The largest absolute Gasteiger partial charge is 0.508 e. The summed E-state index contributed by atoms with van der Waals surface area (Å²) < 4.78 is 1.51. The first kappa shape index (κ1) is 10.2. The van der Waals surface area contributed by atoms with Gasteiger partial charge in [0.25, 0.3) is 0 Å². The molecular weight excluding hydrogens is 180 g/mol. The van der Waals surface area contributed by atoms with Crippen LogP contribution in [0.1, 0.15) is 13.8 Å². The second-order valence-corrected chi connectivity index (χ2v) is 2.27. The third-order valence-corrected chi connectivity index (χ3v) is 1.46. The van der Waals surface area contributed by atoms with Crippen LogP contribution in [0.25, 0.3) is 5.69 Å². The highest BCUT2D eigenvalue weighted by Gasteiger charge is 1.95. The van der Waals surface area contributed by atoms with Gasteiger partial charge in [0, 0.05) is 0 Å². The van der Waals surface area contributed by atoms with E-state index in [-0.39, 0.29) is 5.75 Å². The first-order valence-corrected chi connectivity index (χ1v) is 4.38. The number of aromatic hydroxyl groups is 1. The highest BCUT2D eigenvalue weighted by molar-refractivity contribution is 5.35. The van der Waals surface area contributed by atoms with Crippen LogP contribution in [-0.4, -0.2) is 25.3 Å². The highest BCUT2D eigenvalue weighted by atomic mass is 16.3. The molecule has 1 aromatic carbocycles. The maximum atomic E-state index is 8.99. The van der Waals surface area contributed by atoms with Gasteiger partial charge in [-0.2, -0.15) is 0 Å². The third-order valence-electron chi connectivity index (χ3n) is 1.46. The van der Waals surface area contributed by atoms with E-state index in [1.807, 2.05) is 13.8 Å². The van der Waals surface area contributed by atoms with Gasteiger partial charge in [-0.05, 0) is 34.7 Å². The Balaban J connectivity index is 0.000000461. The maximum absolute atomic E-state index is 8.99. The van der Waals surface area contributed by atoms with Crippen molar-refractivity contribution in [2.45, 2.75) is 13.8 Å². The van der Waals surface area contributed by atoms with Crippen LogP contribution in [0.2, 0.25) is 0 Å². The molecule has 14 heavy (non-hydrogen) atoms. The number of tetrazole rings is 1. The van der Waals surface area contributed by atoms with Gasteiger partial charge < -0.3 is 5.11 Å². The molecule has 0 radical (unpaired) electrons. The molecule has 0 aliphatic rings. The van der Waals surface area contributed by atoms with E-state index in [4.69, 9.17) is 5.11 Å². The van der Waals surface area contributed by atoms with Gasteiger partial charge in [-0.15, -0.1) is 5.10 Å². The summed E-state index contributed by atoms with van der Waals surface area (Å²) in [6.45, 7) is 4.00. The SMILES string of the molecule is CC.Oc1ccc(-n2cnnn2)cc1. The van der Waals surface area contributed by atoms with E-state index >= 15 is 0 Å². The first-order valence-electron chi connectivity index (χ1n) is 4.38. The molecule has 0 aliphatic heterocycles. The minimum absolute atomic E-state index is 0.229. The lowest BCUT2D eigenvalue weighted by molar-refractivity contribution is 0.475. The van der Waals surface area contributed by atoms with E-state index in [0.717, 1.165) is 5.69 Å². The lowest BCUT2D eigenvalue weighted by atomic mass is 10.3. The van der Waals surface area contributed by atoms with Crippen molar-refractivity contribution in [1.29, 1.82) is 0 Å². The average molecular weight is 192 g/mol. The Hall–Kier alpha value is -1.91. The van der Waals surface area contributed by atoms with Gasteiger partial charge in [-0.25, -0.2) is 4.68 Å². The molecule has 1 N–H and O–H groups in total. The quantitative estimate of drug-likeness (QED) is 0.741. The minimum atomic E-state index is 0.229. The Morgan fingerprint density at radius 1 is 1.14 bits per heavy atom. The number of phenols is 1. The van der Waals surface area contributed by atoms with Gasteiger partial charge in [-0.1, -0.05) is 13.8 Å². The zero-order valence-corrected chi connectivity index (χ0v) is 8.12. The predicted molar refractivity (Wildman–Crippen MR) is 52.2 cm³/mol. The van der Waals surface area contributed by atoms with Crippen molar-refractivity contribution in [3.05, 3.63) is 30.6 Å². The number of hydrogen-bond donors (Lipinski definition) is 1. The summed E-state index contributed by atoms with van der Waals surface area (Å²) in [4.78, 5) is 0. The summed E-state index contributed by atoms with van der Waals surface area (Å²) in [5.41, 5.74) is 0.817. The molecule has 5 heteroatoms. The van der Waals surface area contributed by atoms with Gasteiger partial charge in [0.1, 0.15) is 12.1 Å². The van der Waals surface area contributed by atoms with E-state index in [1.165, 1.54) is 11.0 Å². The molecule has 0 amide bonds. The molecule has 0 spiro atoms. The number of benzene rings is 1. The zero-order chi connectivity index (χ0) is 10.4. The fourth-order valence-corrected chi connectivity index (χ4v) is 0.885. The summed E-state index contributed by atoms with van der Waals surface area (Å²) in [5, 5.41) is 19.7. The number of rotatable bonds is 1. The number of hydrogen-bond acceptors (Lipinski definition) is 4. The van der Waals surface area contributed by atoms with Crippen molar-refractivity contribution in [2.24, 2.45) is 0 Å². The van der Waals surface area contributed by atoms with Crippen molar-refractivity contribution in [3.8, 4) is 11.4 Å². The molecule has 0 unspecified atom stereocenters. The normalized spacial score (nSPS) is 9.00. The smallest absolute Gasteiger partial charge is 0.143 e. The van der Waals surface area contributed by atoms with Crippen LogP contribution in [0.3, 0.4) is 0 Å². The Labute approximate surface area is 82.0 Å². The monoisotopic (exact) mass is 192 g/mol. The number of aromatic nitrogens is 4. The molecule has 0 atom stereocenters. The van der Waals surface area contributed by atoms with Gasteiger partial charge in [-0.3, -0.25) is 0 Å². The summed E-state index contributed by atoms with van der Waals surface area (Å²) in [5.74, 6) is 0.229. The van der Waals surface area contributed by atoms with Crippen LogP contribution in [0.4, 0.5) is 0 Å². The van der Waals surface area contributed by atoms with Crippen LogP contribution >= 0.6 is 0 Å². The summed E-state index contributed by atoms with van der Waals surface area (Å²) in [6.07, 6.45) is 1.49. The fraction of sp³-hybridized carbons (Fsp3) is 0.222. The van der Waals surface area contributed by atoms with Crippen molar-refractivity contribution in [3.63, 3.8) is 0 Å². The lowest BCUT2D eigenvalue weighted by Gasteiger charge is -1.97. The standard InChI is InChI=1S/C7H6N4O.C2H6/c12-7-3-1-6(2-4-7)11-5-8-9-10-11;1-2/h1-5,12H;1-2H3. The molecule has 2 aromatic rings. The van der Waals surface area contributed by atoms with Crippen molar-refractivity contribution >= 4 is 0 Å². The van der Waals surface area contributed by atoms with Gasteiger partial charge in [0.2, 0.25) is 0 Å². The zero-order valence-electron chi connectivity index (χ0n) is 8.12. The van der Waals surface area contributed by atoms with E-state index in [0.29, 0.717) is 0 Å². The van der Waals surface area contributed by atoms with Crippen LogP contribution in [-0.2, 0) is 0 Å². The Bertz CT molecular complexity index is 355. The Morgan fingerprint density at radius 2 is 1.79 bits per heavy atom. The second-order valence-electron chi connectivity index (χ2n) is 2.27. The molecule has 0 aliphatic carbocycles. The average Bonchev–Trinajstić information content (AvgIpc) is 2.75. The summed E-state index contributed by atoms with van der Waals surface area (Å²) in [7, 11) is 0. The van der Waals surface area contributed by atoms with Crippen LogP contribution in [0, 0.1) is 0 Å². The molecule has 0 fully saturated rings. The lowest BCUT2D eigenvalue weighted by Crippen LogP contribution is -1.93. The van der Waals surface area contributed by atoms with Crippen LogP contribution < -0.4 is 0 Å². The predicted octanol–water partition coefficient (Wildman–Crippen LogP) is 1.39. The second kappa shape index (κ2) is 4.96. The maximum Gasteiger partial charge on any atom is 0.143 e. The molecule has 1 heterocycles. The van der Waals surface area contributed by atoms with Crippen molar-refractivity contribution < 1.29 is 5.11 Å². The summed E-state index contributed by atoms with van der Waals surface area (Å²) in [6, 6.07) is 6.62. The van der Waals surface area contributed by atoms with E-state index in [1.54, 1.807) is 24.3 Å². The molecule has 1 aromatic heterocycles. The van der Waals surface area contributed by atoms with E-state index < -0.39 is 0 Å². The Kier molecular flexibility index (Phi) is 3.60. The van der Waals surface area contributed by atoms with Crippen LogP contribution in [0.5, 0.6) is 5.75 Å². The fourth-order valence-electron chi connectivity index (χ4n) is 0.885. The third kappa shape index (κ3) is 2.29. The van der Waals surface area contributed by atoms with Crippen molar-refractivity contribution in [1.82, 2.24) is 20.2 Å². The molecule has 0 saturated carbocycles.